The van der Waals surface area contributed by atoms with Gasteiger partial charge in [-0.25, -0.2) is 19.2 Å². The molecule has 0 atom stereocenters. The quantitative estimate of drug-likeness (QED) is 0.280. The largest absolute Gasteiger partial charge is 0.478 e. The Balaban J connectivity index is 0.000000201. The van der Waals surface area contributed by atoms with E-state index in [-0.39, 0.29) is 22.3 Å². The Morgan fingerprint density at radius 2 is 0.444 bits per heavy atom. The first kappa shape index (κ1) is 25.4. The Hall–Kier alpha value is -5.24. The number of hydrogen-bond acceptors (Lipinski definition) is 4. The Bertz CT molecular complexity index is 1160. The molecule has 36 heavy (non-hydrogen) atoms. The van der Waals surface area contributed by atoms with Crippen molar-refractivity contribution in [3.8, 4) is 22.3 Å². The third-order valence-electron chi connectivity index (χ3n) is 5.19. The maximum Gasteiger partial charge on any atom is 0.335 e. The van der Waals surface area contributed by atoms with E-state index in [1.165, 1.54) is 48.5 Å². The number of benzene rings is 4. The van der Waals surface area contributed by atoms with Crippen LogP contribution in [0.2, 0.25) is 0 Å². The Kier molecular flexibility index (Phi) is 7.94. The highest BCUT2D eigenvalue weighted by atomic mass is 16.4. The Morgan fingerprint density at radius 1 is 0.306 bits per heavy atom. The van der Waals surface area contributed by atoms with Crippen molar-refractivity contribution in [2.45, 2.75) is 0 Å². The van der Waals surface area contributed by atoms with Gasteiger partial charge in [-0.05, 0) is 70.8 Å². The summed E-state index contributed by atoms with van der Waals surface area (Å²) in [5.74, 6) is -3.88. The van der Waals surface area contributed by atoms with Gasteiger partial charge in [-0.3, -0.25) is 0 Å². The molecule has 0 unspecified atom stereocenters. The van der Waals surface area contributed by atoms with Crippen LogP contribution < -0.4 is 0 Å². The molecule has 0 amide bonds. The maximum atomic E-state index is 10.7. The van der Waals surface area contributed by atoms with Gasteiger partial charge in [0.1, 0.15) is 0 Å². The van der Waals surface area contributed by atoms with Crippen molar-refractivity contribution >= 4 is 23.9 Å². The third-order valence-corrected chi connectivity index (χ3v) is 5.19. The first-order valence-electron chi connectivity index (χ1n) is 10.5. The Morgan fingerprint density at radius 3 is 0.556 bits per heavy atom. The number of carboxylic acid groups (broad SMARTS) is 4. The summed E-state index contributed by atoms with van der Waals surface area (Å²) in [6.07, 6.45) is 0. The summed E-state index contributed by atoms with van der Waals surface area (Å²) < 4.78 is 0. The predicted molar refractivity (Wildman–Crippen MR) is 132 cm³/mol. The van der Waals surface area contributed by atoms with Gasteiger partial charge in [0.05, 0.1) is 22.3 Å². The van der Waals surface area contributed by atoms with Gasteiger partial charge in [0, 0.05) is 0 Å². The fourth-order valence-electron chi connectivity index (χ4n) is 3.22. The van der Waals surface area contributed by atoms with Crippen LogP contribution in [0.4, 0.5) is 0 Å². The summed E-state index contributed by atoms with van der Waals surface area (Å²) >= 11 is 0. The van der Waals surface area contributed by atoms with Gasteiger partial charge in [-0.1, -0.05) is 48.5 Å². The zero-order valence-electron chi connectivity index (χ0n) is 18.7. The molecular weight excluding hydrogens is 464 g/mol. The van der Waals surface area contributed by atoms with Crippen LogP contribution in [-0.4, -0.2) is 44.3 Å². The molecule has 4 aromatic rings. The highest BCUT2D eigenvalue weighted by Gasteiger charge is 2.06. The molecule has 8 heteroatoms. The van der Waals surface area contributed by atoms with Crippen LogP contribution in [0.25, 0.3) is 22.3 Å². The van der Waals surface area contributed by atoms with Crippen molar-refractivity contribution in [2.75, 3.05) is 0 Å². The lowest BCUT2D eigenvalue weighted by Gasteiger charge is -2.03. The van der Waals surface area contributed by atoms with E-state index in [1.807, 2.05) is 0 Å². The molecule has 0 saturated heterocycles. The third kappa shape index (κ3) is 6.42. The molecule has 0 radical (unpaired) electrons. The standard InChI is InChI=1S/2C14H10O4/c2*15-13(16)11-5-1-9(2-6-11)10-3-7-12(8-4-10)14(17)18/h2*1-8H,(H,15,16)(H,17,18). The van der Waals surface area contributed by atoms with Crippen LogP contribution >= 0.6 is 0 Å². The monoisotopic (exact) mass is 484 g/mol. The molecule has 0 heterocycles. The van der Waals surface area contributed by atoms with Crippen molar-refractivity contribution in [3.05, 3.63) is 119 Å². The average molecular weight is 484 g/mol. The zero-order chi connectivity index (χ0) is 26.2. The van der Waals surface area contributed by atoms with E-state index in [9.17, 15) is 19.2 Å². The van der Waals surface area contributed by atoms with Crippen LogP contribution in [0, 0.1) is 0 Å². The van der Waals surface area contributed by atoms with E-state index in [1.54, 1.807) is 48.5 Å². The number of aromatic carboxylic acids is 4. The van der Waals surface area contributed by atoms with Crippen molar-refractivity contribution in [1.82, 2.24) is 0 Å². The number of hydrogen-bond donors (Lipinski definition) is 4. The number of carbonyl (C=O) groups is 4. The van der Waals surface area contributed by atoms with E-state index in [2.05, 4.69) is 0 Å². The molecule has 0 bridgehead atoms. The second-order valence-electron chi connectivity index (χ2n) is 7.53. The summed E-state index contributed by atoms with van der Waals surface area (Å²) in [5.41, 5.74) is 4.27. The normalized spacial score (nSPS) is 10.0. The summed E-state index contributed by atoms with van der Waals surface area (Å²) in [6, 6.07) is 25.7. The van der Waals surface area contributed by atoms with Crippen molar-refractivity contribution < 1.29 is 39.6 Å². The van der Waals surface area contributed by atoms with Crippen molar-refractivity contribution in [1.29, 1.82) is 0 Å². The molecule has 0 spiro atoms. The highest BCUT2D eigenvalue weighted by Crippen LogP contribution is 2.21. The summed E-state index contributed by atoms with van der Waals surface area (Å²) in [4.78, 5) is 42.8. The van der Waals surface area contributed by atoms with Crippen LogP contribution in [0.5, 0.6) is 0 Å². The molecule has 0 aliphatic carbocycles. The molecule has 0 fully saturated rings. The predicted octanol–water partition coefficient (Wildman–Crippen LogP) is 5.50. The molecule has 0 saturated carbocycles. The zero-order valence-corrected chi connectivity index (χ0v) is 18.7. The Labute approximate surface area is 205 Å². The van der Waals surface area contributed by atoms with E-state index in [4.69, 9.17) is 20.4 Å². The van der Waals surface area contributed by atoms with Gasteiger partial charge in [-0.15, -0.1) is 0 Å². The molecular formula is C28H20O8. The summed E-state index contributed by atoms with van der Waals surface area (Å²) in [6.45, 7) is 0. The molecule has 4 N–H and O–H groups in total. The summed E-state index contributed by atoms with van der Waals surface area (Å²) in [5, 5.41) is 35.1. The second kappa shape index (κ2) is 11.3. The molecule has 0 aliphatic rings. The topological polar surface area (TPSA) is 149 Å². The first-order chi connectivity index (χ1) is 17.2. The minimum absolute atomic E-state index is 0.223. The highest BCUT2D eigenvalue weighted by molar-refractivity contribution is 5.90. The van der Waals surface area contributed by atoms with Gasteiger partial charge in [-0.2, -0.15) is 0 Å². The molecule has 4 aromatic carbocycles. The van der Waals surface area contributed by atoms with Gasteiger partial charge in [0.2, 0.25) is 0 Å². The SMILES string of the molecule is O=C(O)c1ccc(-c2ccc(C(=O)O)cc2)cc1.O=C(O)c1ccc(-c2ccc(C(=O)O)cc2)cc1. The maximum absolute atomic E-state index is 10.7. The second-order valence-corrected chi connectivity index (χ2v) is 7.53. The minimum Gasteiger partial charge on any atom is -0.478 e. The molecule has 180 valence electrons. The smallest absolute Gasteiger partial charge is 0.335 e. The number of carboxylic acids is 4. The minimum atomic E-state index is -0.970. The van der Waals surface area contributed by atoms with E-state index in [0.717, 1.165) is 22.3 Å². The van der Waals surface area contributed by atoms with Crippen molar-refractivity contribution in [3.63, 3.8) is 0 Å². The van der Waals surface area contributed by atoms with Crippen molar-refractivity contribution in [2.24, 2.45) is 0 Å². The van der Waals surface area contributed by atoms with E-state index in [0.29, 0.717) is 0 Å². The molecule has 0 aliphatic heterocycles. The molecule has 8 nitrogen and oxygen atoms in total. The average Bonchev–Trinajstić information content (AvgIpc) is 2.89. The fraction of sp³-hybridized carbons (Fsp3) is 0. The van der Waals surface area contributed by atoms with Gasteiger partial charge < -0.3 is 20.4 Å². The fourth-order valence-corrected chi connectivity index (χ4v) is 3.22. The van der Waals surface area contributed by atoms with Crippen LogP contribution in [-0.2, 0) is 0 Å². The van der Waals surface area contributed by atoms with E-state index >= 15 is 0 Å². The summed E-state index contributed by atoms with van der Waals surface area (Å²) in [7, 11) is 0. The molecule has 0 aromatic heterocycles. The van der Waals surface area contributed by atoms with Crippen LogP contribution in [0.3, 0.4) is 0 Å². The van der Waals surface area contributed by atoms with Gasteiger partial charge in [0.25, 0.3) is 0 Å². The number of rotatable bonds is 6. The van der Waals surface area contributed by atoms with E-state index < -0.39 is 23.9 Å². The molecule has 4 rings (SSSR count). The van der Waals surface area contributed by atoms with Gasteiger partial charge >= 0.3 is 23.9 Å². The lowest BCUT2D eigenvalue weighted by molar-refractivity contribution is 0.0686. The van der Waals surface area contributed by atoms with Crippen LogP contribution in [0.15, 0.2) is 97.1 Å². The van der Waals surface area contributed by atoms with Crippen LogP contribution in [0.1, 0.15) is 41.4 Å². The first-order valence-corrected chi connectivity index (χ1v) is 10.5. The lowest BCUT2D eigenvalue weighted by atomic mass is 10.0. The van der Waals surface area contributed by atoms with Gasteiger partial charge in [0.15, 0.2) is 0 Å². The lowest BCUT2D eigenvalue weighted by Crippen LogP contribution is -1.96.